The summed E-state index contributed by atoms with van der Waals surface area (Å²) in [5, 5.41) is 9.52. The van der Waals surface area contributed by atoms with Gasteiger partial charge in [0.1, 0.15) is 15.2 Å². The van der Waals surface area contributed by atoms with Gasteiger partial charge in [-0.25, -0.2) is 13.2 Å². The van der Waals surface area contributed by atoms with E-state index >= 15 is 0 Å². The average Bonchev–Trinajstić information content (AvgIpc) is 2.93. The minimum Gasteiger partial charge on any atom is -0.465 e. The lowest BCUT2D eigenvalue weighted by molar-refractivity contribution is 0.0607. The van der Waals surface area contributed by atoms with Crippen LogP contribution in [-0.2, 0) is 20.0 Å². The average molecular weight is 377 g/mol. The summed E-state index contributed by atoms with van der Waals surface area (Å²) >= 11 is 0.770. The van der Waals surface area contributed by atoms with E-state index in [0.717, 1.165) is 23.2 Å². The lowest BCUT2D eigenvalue weighted by atomic mass is 9.86. The van der Waals surface area contributed by atoms with Gasteiger partial charge >= 0.3 is 5.97 Å². The van der Waals surface area contributed by atoms with Crippen molar-refractivity contribution in [3.8, 4) is 17.2 Å². The van der Waals surface area contributed by atoms with Crippen molar-refractivity contribution in [3.05, 3.63) is 40.3 Å². The van der Waals surface area contributed by atoms with Gasteiger partial charge in [0.15, 0.2) is 9.84 Å². The first-order chi connectivity index (χ1) is 11.5. The van der Waals surface area contributed by atoms with Gasteiger partial charge in [-0.1, -0.05) is 45.0 Å². The van der Waals surface area contributed by atoms with Crippen LogP contribution >= 0.6 is 11.3 Å². The van der Waals surface area contributed by atoms with E-state index in [9.17, 15) is 18.5 Å². The second kappa shape index (κ2) is 6.62. The number of hydrogen-bond acceptors (Lipinski definition) is 6. The van der Waals surface area contributed by atoms with Gasteiger partial charge in [-0.2, -0.15) is 5.26 Å². The molecule has 0 aliphatic rings. The lowest BCUT2D eigenvalue weighted by Crippen LogP contribution is -2.10. The van der Waals surface area contributed by atoms with Crippen LogP contribution in [0.4, 0.5) is 0 Å². The summed E-state index contributed by atoms with van der Waals surface area (Å²) in [6, 6.07) is 9.35. The predicted molar refractivity (Wildman–Crippen MR) is 97.6 cm³/mol. The summed E-state index contributed by atoms with van der Waals surface area (Å²) in [5.74, 6) is -0.661. The highest BCUT2D eigenvalue weighted by Gasteiger charge is 2.29. The zero-order valence-electron chi connectivity index (χ0n) is 14.7. The number of carbonyl (C=O) groups is 1. The highest BCUT2D eigenvalue weighted by molar-refractivity contribution is 7.92. The summed E-state index contributed by atoms with van der Waals surface area (Å²) in [6.07, 6.45) is 1.02. The molecule has 0 saturated carbocycles. The third-order valence-corrected chi connectivity index (χ3v) is 6.74. The molecule has 1 aromatic heterocycles. The molecule has 0 spiro atoms. The number of benzene rings is 1. The minimum absolute atomic E-state index is 0.0172. The van der Waals surface area contributed by atoms with Crippen LogP contribution in [0.25, 0.3) is 11.1 Å². The first-order valence-electron chi connectivity index (χ1n) is 7.47. The third kappa shape index (κ3) is 3.75. The zero-order chi connectivity index (χ0) is 19.0. The van der Waals surface area contributed by atoms with Crippen molar-refractivity contribution in [1.82, 2.24) is 0 Å². The molecule has 2 aromatic rings. The van der Waals surface area contributed by atoms with Crippen LogP contribution in [0, 0.1) is 11.3 Å². The van der Waals surface area contributed by atoms with Crippen molar-refractivity contribution in [1.29, 1.82) is 5.26 Å². The Balaban J connectivity index is 2.77. The van der Waals surface area contributed by atoms with Crippen molar-refractivity contribution >= 4 is 27.1 Å². The Bertz CT molecular complexity index is 956. The first-order valence-corrected chi connectivity index (χ1v) is 10.2. The van der Waals surface area contributed by atoms with E-state index in [0.29, 0.717) is 11.1 Å². The molecule has 0 radical (unpaired) electrons. The van der Waals surface area contributed by atoms with Gasteiger partial charge in [-0.3, -0.25) is 0 Å². The Hall–Kier alpha value is -2.17. The summed E-state index contributed by atoms with van der Waals surface area (Å²) < 4.78 is 28.7. The fourth-order valence-corrected chi connectivity index (χ4v) is 4.72. The molecule has 5 nitrogen and oxygen atoms in total. The first kappa shape index (κ1) is 19.2. The molecule has 0 saturated heterocycles. The van der Waals surface area contributed by atoms with Crippen LogP contribution in [0.2, 0.25) is 0 Å². The number of nitriles is 1. The van der Waals surface area contributed by atoms with Crippen LogP contribution in [0.15, 0.2) is 28.5 Å². The van der Waals surface area contributed by atoms with Crippen LogP contribution in [0.3, 0.4) is 0 Å². The number of carbonyl (C=O) groups excluding carboxylic acids is 1. The van der Waals surface area contributed by atoms with Crippen molar-refractivity contribution in [2.75, 3.05) is 13.4 Å². The molecular formula is C18H19NO4S2. The van der Waals surface area contributed by atoms with E-state index < -0.39 is 15.8 Å². The molecule has 0 bridgehead atoms. The Morgan fingerprint density at radius 2 is 1.76 bits per heavy atom. The molecular weight excluding hydrogens is 358 g/mol. The maximum atomic E-state index is 12.1. The fourth-order valence-electron chi connectivity index (χ4n) is 2.42. The van der Waals surface area contributed by atoms with E-state index in [4.69, 9.17) is 4.74 Å². The lowest BCUT2D eigenvalue weighted by Gasteiger charge is -2.19. The van der Waals surface area contributed by atoms with Gasteiger partial charge < -0.3 is 4.74 Å². The molecule has 0 fully saturated rings. The van der Waals surface area contributed by atoms with Crippen LogP contribution in [-0.4, -0.2) is 27.8 Å². The molecule has 0 aliphatic carbocycles. The minimum atomic E-state index is -3.64. The van der Waals surface area contributed by atoms with E-state index in [1.54, 1.807) is 12.1 Å². The van der Waals surface area contributed by atoms with Gasteiger partial charge in [0.05, 0.1) is 12.7 Å². The van der Waals surface area contributed by atoms with Crippen LogP contribution in [0.5, 0.6) is 0 Å². The van der Waals surface area contributed by atoms with E-state index in [1.165, 1.54) is 7.11 Å². The molecule has 25 heavy (non-hydrogen) atoms. The van der Waals surface area contributed by atoms with Gasteiger partial charge in [-0.15, -0.1) is 11.3 Å². The van der Waals surface area contributed by atoms with Gasteiger partial charge in [0.2, 0.25) is 0 Å². The molecule has 132 valence electrons. The van der Waals surface area contributed by atoms with Crippen LogP contribution in [0.1, 0.15) is 41.6 Å². The van der Waals surface area contributed by atoms with E-state index in [1.807, 2.05) is 18.2 Å². The highest BCUT2D eigenvalue weighted by atomic mass is 32.2. The summed E-state index contributed by atoms with van der Waals surface area (Å²) in [5.41, 5.74) is 1.94. The van der Waals surface area contributed by atoms with Gasteiger partial charge in [0.25, 0.3) is 0 Å². The molecule has 0 atom stereocenters. The van der Waals surface area contributed by atoms with Crippen molar-refractivity contribution < 1.29 is 17.9 Å². The van der Waals surface area contributed by atoms with Crippen molar-refractivity contribution in [2.45, 2.75) is 30.4 Å². The van der Waals surface area contributed by atoms with Crippen molar-refractivity contribution in [3.63, 3.8) is 0 Å². The Kier molecular flexibility index (Phi) is 5.07. The SMILES string of the molecule is COC(=O)c1sc(S(C)(=O)=O)c(C#N)c1-c1ccc(C(C)(C)C)cc1. The second-order valence-corrected chi connectivity index (χ2v) is 9.90. The van der Waals surface area contributed by atoms with Gasteiger partial charge in [-0.05, 0) is 16.5 Å². The third-order valence-electron chi connectivity index (χ3n) is 3.73. The highest BCUT2D eigenvalue weighted by Crippen LogP contribution is 2.40. The number of ether oxygens (including phenoxy) is 1. The topological polar surface area (TPSA) is 84.2 Å². The maximum absolute atomic E-state index is 12.1. The fraction of sp³-hybridized carbons (Fsp3) is 0.333. The summed E-state index contributed by atoms with van der Waals surface area (Å²) in [6.45, 7) is 6.23. The molecule has 0 aliphatic heterocycles. The standard InChI is InChI=1S/C18H19NO4S2/c1-18(2,3)12-8-6-11(7-9-12)14-13(10-19)17(25(5,21)22)24-15(14)16(20)23-4/h6-9H,1-5H3. The molecule has 7 heteroatoms. The maximum Gasteiger partial charge on any atom is 0.348 e. The number of rotatable bonds is 3. The molecule has 2 rings (SSSR count). The number of nitrogens with zero attached hydrogens (tertiary/aromatic N) is 1. The molecule has 0 amide bonds. The number of esters is 1. The monoisotopic (exact) mass is 377 g/mol. The predicted octanol–water partition coefficient (Wildman–Crippen LogP) is 3.77. The normalized spacial score (nSPS) is 11.8. The number of hydrogen-bond donors (Lipinski definition) is 0. The Morgan fingerprint density at radius 3 is 2.16 bits per heavy atom. The molecule has 0 N–H and O–H groups in total. The van der Waals surface area contributed by atoms with E-state index in [-0.39, 0.29) is 20.1 Å². The Labute approximate surface area is 151 Å². The van der Waals surface area contributed by atoms with Crippen molar-refractivity contribution in [2.24, 2.45) is 0 Å². The Morgan fingerprint density at radius 1 is 1.20 bits per heavy atom. The summed E-state index contributed by atoms with van der Waals surface area (Å²) in [4.78, 5) is 12.2. The molecule has 1 aromatic carbocycles. The van der Waals surface area contributed by atoms with Gasteiger partial charge in [0, 0.05) is 11.8 Å². The second-order valence-electron chi connectivity index (χ2n) is 6.67. The molecule has 0 unspecified atom stereocenters. The molecule has 1 heterocycles. The smallest absolute Gasteiger partial charge is 0.348 e. The van der Waals surface area contributed by atoms with E-state index in [2.05, 4.69) is 20.8 Å². The number of thiophene rings is 1. The number of sulfone groups is 1. The summed E-state index contributed by atoms with van der Waals surface area (Å²) in [7, 11) is -2.42. The van der Waals surface area contributed by atoms with Crippen LogP contribution < -0.4 is 0 Å². The largest absolute Gasteiger partial charge is 0.465 e. The quantitative estimate of drug-likeness (QED) is 0.760. The zero-order valence-corrected chi connectivity index (χ0v) is 16.3. The number of methoxy groups -OCH3 is 1.